The molecule has 0 atom stereocenters. The number of rotatable bonds is 16. The molecule has 0 radical (unpaired) electrons. The first-order valence-electron chi connectivity index (χ1n) is 15.0. The minimum Gasteiger partial charge on any atom is -1.00 e. The molecule has 3 nitrogen and oxygen atoms in total. The van der Waals surface area contributed by atoms with Crippen molar-refractivity contribution < 1.29 is 15.8 Å². The molecule has 0 amide bonds. The Kier molecular flexibility index (Phi) is 24.7. The van der Waals surface area contributed by atoms with Crippen LogP contribution in [0.15, 0.2) is 12.1 Å². The van der Waals surface area contributed by atoms with E-state index in [1.165, 1.54) is 95.5 Å². The molecular weight excluding hydrogens is 611 g/mol. The van der Waals surface area contributed by atoms with Crippen LogP contribution in [0.1, 0.15) is 171 Å². The molecule has 0 spiro atoms. The van der Waals surface area contributed by atoms with Crippen LogP contribution in [-0.4, -0.2) is 48.8 Å². The van der Waals surface area contributed by atoms with Crippen LogP contribution in [0.5, 0.6) is 5.75 Å². The molecule has 1 rings (SSSR count). The zero-order chi connectivity index (χ0) is 28.3. The van der Waals surface area contributed by atoms with Crippen LogP contribution in [0.4, 0.5) is 0 Å². The Morgan fingerprint density at radius 3 is 1.34 bits per heavy atom. The van der Waals surface area contributed by atoms with Gasteiger partial charge in [-0.15, -0.1) is 0 Å². The summed E-state index contributed by atoms with van der Waals surface area (Å²) in [6.07, 6.45) is 20.9. The van der Waals surface area contributed by atoms with Gasteiger partial charge in [0.1, 0.15) is 5.75 Å². The van der Waals surface area contributed by atoms with Crippen molar-refractivity contribution in [1.82, 2.24) is 0 Å². The monoisotopic (exact) mass is 672 g/mol. The van der Waals surface area contributed by atoms with Crippen molar-refractivity contribution in [2.24, 2.45) is 0 Å². The average Bonchev–Trinajstić information content (AvgIpc) is 2.81. The summed E-state index contributed by atoms with van der Waals surface area (Å²) >= 11 is 1.66. The van der Waals surface area contributed by atoms with Crippen molar-refractivity contribution in [3.8, 4) is 5.75 Å². The predicted octanol–water partition coefficient (Wildman–Crippen LogP) is 11.3. The van der Waals surface area contributed by atoms with Crippen LogP contribution in [0.25, 0.3) is 0 Å². The molecule has 1 aromatic carbocycles. The van der Waals surface area contributed by atoms with Gasteiger partial charge in [0.15, 0.2) is 23.0 Å². The van der Waals surface area contributed by atoms with Crippen LogP contribution >= 0.6 is 23.0 Å². The second kappa shape index (κ2) is 23.1. The zero-order valence-electron chi connectivity index (χ0n) is 28.3. The van der Waals surface area contributed by atoms with E-state index in [1.807, 2.05) is 0 Å². The Bertz CT molecular complexity index is 711. The van der Waals surface area contributed by atoms with Gasteiger partial charge in [-0.3, -0.25) is 4.79 Å². The van der Waals surface area contributed by atoms with Gasteiger partial charge in [0, 0.05) is 6.42 Å². The maximum Gasteiger partial charge on any atom is 2.00 e. The number of hydrogen-bond acceptors (Lipinski definition) is 3. The van der Waals surface area contributed by atoms with Crippen molar-refractivity contribution in [1.29, 1.82) is 0 Å². The maximum atomic E-state index is 10.9. The summed E-state index contributed by atoms with van der Waals surface area (Å²) in [5, 5.41) is 10.4. The first-order chi connectivity index (χ1) is 17.3. The molecule has 0 aliphatic heterocycles. The number of phenols is 1. The summed E-state index contributed by atoms with van der Waals surface area (Å²) in [5.74, 6) is 0.385. The van der Waals surface area contributed by atoms with Crippen molar-refractivity contribution in [2.45, 2.75) is 169 Å². The number of benzene rings is 1. The van der Waals surface area contributed by atoms with E-state index in [0.29, 0.717) is 12.2 Å². The molecule has 0 fully saturated rings. The van der Waals surface area contributed by atoms with E-state index < -0.39 is 0 Å². The van der Waals surface area contributed by atoms with Crippen LogP contribution in [0, 0.1) is 6.92 Å². The molecule has 0 heterocycles. The average molecular weight is 673 g/mol. The van der Waals surface area contributed by atoms with Crippen LogP contribution < -0.4 is 0 Å². The molecule has 1 aromatic rings. The largest absolute Gasteiger partial charge is 2.00 e. The van der Waals surface area contributed by atoms with Gasteiger partial charge in [-0.05, 0) is 35.3 Å². The molecule has 0 aliphatic rings. The van der Waals surface area contributed by atoms with Crippen LogP contribution in [0.2, 0.25) is 0 Å². The minimum absolute atomic E-state index is 0. The molecule has 5 heteroatoms. The fourth-order valence-corrected chi connectivity index (χ4v) is 4.82. The molecule has 38 heavy (non-hydrogen) atoms. The SMILES string of the molecule is CCCCCCCCCCCCCCCCCC(=O)OI.Cc1cc(C(C)(C)C)c(O)c(C(C)(C)C)c1.[Ca+2].[H-].[H-]. The predicted molar refractivity (Wildman–Crippen MR) is 178 cm³/mol. The Morgan fingerprint density at radius 1 is 0.737 bits per heavy atom. The van der Waals surface area contributed by atoms with Gasteiger partial charge in [0.25, 0.3) is 0 Å². The Hall–Kier alpha value is 0.480. The van der Waals surface area contributed by atoms with Crippen molar-refractivity contribution in [2.75, 3.05) is 0 Å². The number of phenolic OH excluding ortho intramolecular Hbond substituents is 1. The second-order valence-electron chi connectivity index (χ2n) is 12.9. The molecule has 220 valence electrons. The number of aryl methyl sites for hydroxylation is 1. The Morgan fingerprint density at radius 2 is 1.05 bits per heavy atom. The van der Waals surface area contributed by atoms with Crippen LogP contribution in [-0.2, 0) is 18.7 Å². The smallest absolute Gasteiger partial charge is 1.00 e. The maximum absolute atomic E-state index is 10.9. The van der Waals surface area contributed by atoms with Crippen LogP contribution in [0.3, 0.4) is 0 Å². The number of carbonyl (C=O) groups excluding carboxylic acids is 1. The second-order valence-corrected chi connectivity index (χ2v) is 13.3. The van der Waals surface area contributed by atoms with Crippen molar-refractivity contribution in [3.63, 3.8) is 0 Å². The third kappa shape index (κ3) is 20.4. The number of halogens is 1. The molecule has 0 aromatic heterocycles. The first kappa shape index (κ1) is 40.6. The summed E-state index contributed by atoms with van der Waals surface area (Å²) in [7, 11) is 0. The molecule has 0 bridgehead atoms. The summed E-state index contributed by atoms with van der Waals surface area (Å²) in [5.41, 5.74) is 3.26. The topological polar surface area (TPSA) is 46.5 Å². The Balaban J connectivity index is -0.000000309. The zero-order valence-corrected chi connectivity index (χ0v) is 30.7. The van der Waals surface area contributed by atoms with Gasteiger partial charge in [0.2, 0.25) is 0 Å². The van der Waals surface area contributed by atoms with E-state index in [-0.39, 0.29) is 57.4 Å². The Labute approximate surface area is 283 Å². The number of hydrogen-bond donors (Lipinski definition) is 1. The fourth-order valence-electron chi connectivity index (χ4n) is 4.60. The fraction of sp³-hybridized carbons (Fsp3) is 0.788. The van der Waals surface area contributed by atoms with Gasteiger partial charge in [-0.2, -0.15) is 0 Å². The molecular formula is C33H61CaIO3. The molecule has 1 N–H and O–H groups in total. The van der Waals surface area contributed by atoms with Crippen molar-refractivity contribution >= 4 is 66.7 Å². The van der Waals surface area contributed by atoms with E-state index in [2.05, 4.69) is 70.6 Å². The van der Waals surface area contributed by atoms with E-state index >= 15 is 0 Å². The summed E-state index contributed by atoms with van der Waals surface area (Å²) in [6.45, 7) is 17.2. The standard InChI is InChI=1S/C18H35IO2.C15H24O.Ca.2H/c1-2-3-4-5-6-7-8-9-10-11-12-13-14-15-16-17-18(20)21-19;1-10-8-11(14(2,3)4)13(16)12(9-10)15(5,6)7;;;/h2-17H2,1H3;8-9,16H,1-7H3;;;/q;;+2;2*-1. The van der Waals surface area contributed by atoms with Gasteiger partial charge >= 0.3 is 43.7 Å². The summed E-state index contributed by atoms with van der Waals surface area (Å²) in [6, 6.07) is 4.18. The van der Waals surface area contributed by atoms with Gasteiger partial charge < -0.3 is 11.0 Å². The minimum atomic E-state index is -0.0784. The summed E-state index contributed by atoms with van der Waals surface area (Å²) < 4.78 is 4.60. The third-order valence-corrected chi connectivity index (χ3v) is 7.43. The third-order valence-electron chi connectivity index (χ3n) is 6.94. The van der Waals surface area contributed by atoms with Gasteiger partial charge in [0.05, 0.1) is 0 Å². The van der Waals surface area contributed by atoms with Gasteiger partial charge in [-0.1, -0.05) is 156 Å². The number of carbonyl (C=O) groups is 1. The normalized spacial score (nSPS) is 11.4. The first-order valence-corrected chi connectivity index (χ1v) is 15.9. The quantitative estimate of drug-likeness (QED) is 0.108. The van der Waals surface area contributed by atoms with Gasteiger partial charge in [-0.25, -0.2) is 0 Å². The summed E-state index contributed by atoms with van der Waals surface area (Å²) in [4.78, 5) is 10.9. The van der Waals surface area contributed by atoms with E-state index in [4.69, 9.17) is 0 Å². The molecule has 0 aliphatic carbocycles. The number of aromatic hydroxyl groups is 1. The van der Waals surface area contributed by atoms with E-state index in [0.717, 1.165) is 17.5 Å². The van der Waals surface area contributed by atoms with Crippen molar-refractivity contribution in [3.05, 3.63) is 28.8 Å². The van der Waals surface area contributed by atoms with E-state index in [1.54, 1.807) is 23.0 Å². The number of unbranched alkanes of at least 4 members (excludes halogenated alkanes) is 14. The van der Waals surface area contributed by atoms with E-state index in [9.17, 15) is 9.90 Å². The molecule has 0 saturated carbocycles. The molecule has 0 saturated heterocycles. The molecule has 0 unspecified atom stereocenters.